The van der Waals surface area contributed by atoms with E-state index >= 15 is 0 Å². The third-order valence-corrected chi connectivity index (χ3v) is 3.06. The maximum atomic E-state index is 10.6. The van der Waals surface area contributed by atoms with Gasteiger partial charge in [0.1, 0.15) is 0 Å². The molecule has 1 N–H and O–H groups in total. The first-order chi connectivity index (χ1) is 6.72. The lowest BCUT2D eigenvalue weighted by molar-refractivity contribution is 0.220. The van der Waals surface area contributed by atoms with E-state index in [2.05, 4.69) is 18.7 Å². The molecule has 5 heteroatoms. The van der Waals surface area contributed by atoms with Gasteiger partial charge in [0.25, 0.3) is 10.1 Å². The van der Waals surface area contributed by atoms with Crippen molar-refractivity contribution in [3.05, 3.63) is 0 Å². The summed E-state index contributed by atoms with van der Waals surface area (Å²) in [4.78, 5) is 2.08. The minimum Gasteiger partial charge on any atom is -0.300 e. The quantitative estimate of drug-likeness (QED) is 0.684. The Morgan fingerprint density at radius 2 is 1.67 bits per heavy atom. The first-order valence-corrected chi connectivity index (χ1v) is 7.02. The molecule has 0 amide bonds. The topological polar surface area (TPSA) is 57.6 Å². The predicted octanol–water partition coefficient (Wildman–Crippen LogP) is 1.63. The molecular weight excluding hydrogens is 214 g/mol. The molecule has 0 saturated heterocycles. The maximum absolute atomic E-state index is 10.6. The molecule has 92 valence electrons. The number of hydrogen-bond donors (Lipinski definition) is 1. The smallest absolute Gasteiger partial charge is 0.266 e. The fourth-order valence-corrected chi connectivity index (χ4v) is 1.75. The van der Waals surface area contributed by atoms with Crippen LogP contribution in [0.3, 0.4) is 0 Å². The van der Waals surface area contributed by atoms with Crippen molar-refractivity contribution in [3.8, 4) is 0 Å². The molecule has 0 unspecified atom stereocenters. The largest absolute Gasteiger partial charge is 0.300 e. The van der Waals surface area contributed by atoms with E-state index < -0.39 is 10.1 Å². The van der Waals surface area contributed by atoms with Crippen molar-refractivity contribution in [2.75, 3.05) is 18.8 Å². The number of rotatable bonds is 7. The van der Waals surface area contributed by atoms with Gasteiger partial charge in [0.05, 0.1) is 5.75 Å². The highest BCUT2D eigenvalue weighted by atomic mass is 32.2. The first kappa shape index (κ1) is 14.9. The zero-order valence-electron chi connectivity index (χ0n) is 10.1. The van der Waals surface area contributed by atoms with Crippen LogP contribution in [0.1, 0.15) is 34.1 Å². The minimum absolute atomic E-state index is 0.177. The summed E-state index contributed by atoms with van der Waals surface area (Å²) >= 11 is 0. The molecule has 0 heterocycles. The molecule has 0 aliphatic rings. The molecule has 0 aliphatic heterocycles. The molecule has 0 aromatic heterocycles. The van der Waals surface area contributed by atoms with E-state index in [4.69, 9.17) is 4.55 Å². The molecule has 0 aromatic rings. The molecule has 0 bridgehead atoms. The van der Waals surface area contributed by atoms with E-state index in [9.17, 15) is 8.42 Å². The molecule has 0 spiro atoms. The van der Waals surface area contributed by atoms with E-state index in [1.54, 1.807) is 0 Å². The van der Waals surface area contributed by atoms with Crippen LogP contribution in [0.5, 0.6) is 0 Å². The van der Waals surface area contributed by atoms with Gasteiger partial charge in [-0.15, -0.1) is 0 Å². The molecule has 0 atom stereocenters. The Kier molecular flexibility index (Phi) is 6.40. The van der Waals surface area contributed by atoms with Gasteiger partial charge in [-0.3, -0.25) is 9.45 Å². The molecule has 0 fully saturated rings. The van der Waals surface area contributed by atoms with E-state index in [-0.39, 0.29) is 5.75 Å². The summed E-state index contributed by atoms with van der Waals surface area (Å²) in [5, 5.41) is 0. The average molecular weight is 237 g/mol. The summed E-state index contributed by atoms with van der Waals surface area (Å²) in [5.74, 6) is 0.431. The van der Waals surface area contributed by atoms with Crippen LogP contribution in [0.2, 0.25) is 0 Å². The lowest BCUT2D eigenvalue weighted by Crippen LogP contribution is -2.36. The summed E-state index contributed by atoms with van der Waals surface area (Å²) in [6.07, 6.45) is 1.05. The first-order valence-electron chi connectivity index (χ1n) is 5.41. The normalized spacial score (nSPS) is 13.1. The highest BCUT2D eigenvalue weighted by Gasteiger charge is 2.13. The Labute approximate surface area is 93.4 Å². The average Bonchev–Trinajstić information content (AvgIpc) is 2.00. The fourth-order valence-electron chi connectivity index (χ4n) is 1.28. The summed E-state index contributed by atoms with van der Waals surface area (Å²) < 4.78 is 29.9. The van der Waals surface area contributed by atoms with Crippen molar-refractivity contribution < 1.29 is 13.0 Å². The van der Waals surface area contributed by atoms with Crippen molar-refractivity contribution in [1.82, 2.24) is 4.90 Å². The van der Waals surface area contributed by atoms with Gasteiger partial charge in [-0.25, -0.2) is 0 Å². The van der Waals surface area contributed by atoms with Gasteiger partial charge in [-0.05, 0) is 32.7 Å². The summed E-state index contributed by atoms with van der Waals surface area (Å²) in [6, 6.07) is 0.311. The second kappa shape index (κ2) is 6.45. The third kappa shape index (κ3) is 8.84. The van der Waals surface area contributed by atoms with Crippen molar-refractivity contribution in [2.45, 2.75) is 40.2 Å². The van der Waals surface area contributed by atoms with Gasteiger partial charge in [-0.1, -0.05) is 13.8 Å². The zero-order chi connectivity index (χ0) is 12.1. The number of hydrogen-bond acceptors (Lipinski definition) is 3. The van der Waals surface area contributed by atoms with E-state index in [0.717, 1.165) is 13.0 Å². The molecule has 0 aromatic carbocycles. The van der Waals surface area contributed by atoms with Crippen LogP contribution in [0, 0.1) is 5.92 Å². The van der Waals surface area contributed by atoms with Crippen molar-refractivity contribution in [1.29, 1.82) is 0 Å². The molecule has 0 saturated carbocycles. The van der Waals surface area contributed by atoms with Crippen molar-refractivity contribution in [3.63, 3.8) is 0 Å². The lowest BCUT2D eigenvalue weighted by atomic mass is 10.1. The predicted molar refractivity (Wildman–Crippen MR) is 62.6 cm³/mol. The molecule has 4 nitrogen and oxygen atoms in total. The van der Waals surface area contributed by atoms with Gasteiger partial charge in [0.15, 0.2) is 0 Å². The standard InChI is InChI=1S/C10H23NO3S/c1-9(2)5-6-11(10(3)4)7-8-15(12,13)14/h9-10H,5-8H2,1-4H3,(H,12,13,14). The van der Waals surface area contributed by atoms with E-state index in [1.807, 2.05) is 13.8 Å². The highest BCUT2D eigenvalue weighted by molar-refractivity contribution is 7.85. The van der Waals surface area contributed by atoms with Crippen LogP contribution < -0.4 is 0 Å². The highest BCUT2D eigenvalue weighted by Crippen LogP contribution is 2.05. The van der Waals surface area contributed by atoms with Gasteiger partial charge >= 0.3 is 0 Å². The van der Waals surface area contributed by atoms with E-state index in [1.165, 1.54) is 0 Å². The lowest BCUT2D eigenvalue weighted by Gasteiger charge is -2.26. The molecule has 0 radical (unpaired) electrons. The van der Waals surface area contributed by atoms with Gasteiger partial charge < -0.3 is 0 Å². The molecule has 0 aliphatic carbocycles. The summed E-state index contributed by atoms with van der Waals surface area (Å²) in [6.45, 7) is 9.63. The van der Waals surface area contributed by atoms with Crippen LogP contribution >= 0.6 is 0 Å². The molecular formula is C10H23NO3S. The van der Waals surface area contributed by atoms with Crippen molar-refractivity contribution in [2.24, 2.45) is 5.92 Å². The second-order valence-corrected chi connectivity index (χ2v) is 6.17. The Hall–Kier alpha value is -0.130. The Morgan fingerprint density at radius 3 is 2.00 bits per heavy atom. The van der Waals surface area contributed by atoms with Crippen LogP contribution in [-0.4, -0.2) is 42.8 Å². The Bertz CT molecular complexity index is 260. The van der Waals surface area contributed by atoms with Gasteiger partial charge in [0, 0.05) is 12.6 Å². The van der Waals surface area contributed by atoms with Crippen molar-refractivity contribution >= 4 is 10.1 Å². The zero-order valence-corrected chi connectivity index (χ0v) is 10.9. The van der Waals surface area contributed by atoms with Gasteiger partial charge in [0.2, 0.25) is 0 Å². The Morgan fingerprint density at radius 1 is 1.13 bits per heavy atom. The van der Waals surface area contributed by atoms with Crippen LogP contribution in [-0.2, 0) is 10.1 Å². The number of nitrogens with zero attached hydrogens (tertiary/aromatic N) is 1. The van der Waals surface area contributed by atoms with E-state index in [0.29, 0.717) is 18.5 Å². The monoisotopic (exact) mass is 237 g/mol. The SMILES string of the molecule is CC(C)CCN(CCS(=O)(=O)O)C(C)C. The summed E-state index contributed by atoms with van der Waals surface area (Å²) in [5.41, 5.74) is 0. The minimum atomic E-state index is -3.83. The third-order valence-electron chi connectivity index (χ3n) is 2.36. The summed E-state index contributed by atoms with van der Waals surface area (Å²) in [7, 11) is -3.83. The molecule has 0 rings (SSSR count). The van der Waals surface area contributed by atoms with Crippen LogP contribution in [0.15, 0.2) is 0 Å². The van der Waals surface area contributed by atoms with Crippen LogP contribution in [0.25, 0.3) is 0 Å². The molecule has 15 heavy (non-hydrogen) atoms. The Balaban J connectivity index is 4.06. The van der Waals surface area contributed by atoms with Gasteiger partial charge in [-0.2, -0.15) is 8.42 Å². The fraction of sp³-hybridized carbons (Fsp3) is 1.00. The maximum Gasteiger partial charge on any atom is 0.266 e. The second-order valence-electron chi connectivity index (χ2n) is 4.60. The van der Waals surface area contributed by atoms with Crippen LogP contribution in [0.4, 0.5) is 0 Å².